The Labute approximate surface area is 113 Å². The van der Waals surface area contributed by atoms with Crippen molar-refractivity contribution in [3.05, 3.63) is 35.4 Å². The van der Waals surface area contributed by atoms with Crippen LogP contribution in [0, 0.1) is 11.8 Å². The Bertz CT molecular complexity index is 543. The second-order valence-electron chi connectivity index (χ2n) is 4.69. The van der Waals surface area contributed by atoms with E-state index < -0.39 is 5.54 Å². The zero-order valence-electron chi connectivity index (χ0n) is 11.3. The molecule has 1 aromatic rings. The first-order valence-corrected chi connectivity index (χ1v) is 6.14. The molecule has 1 heterocycles. The average molecular weight is 258 g/mol. The lowest BCUT2D eigenvalue weighted by Crippen LogP contribution is -2.37. The molecule has 0 amide bonds. The Hall–Kier alpha value is -1.83. The molecule has 0 aromatic heterocycles. The summed E-state index contributed by atoms with van der Waals surface area (Å²) in [6.07, 6.45) is 0. The molecule has 1 aliphatic rings. The lowest BCUT2D eigenvalue weighted by atomic mass is 9.91. The molecule has 0 bridgehead atoms. The van der Waals surface area contributed by atoms with Crippen molar-refractivity contribution in [1.29, 1.82) is 0 Å². The third-order valence-electron chi connectivity index (χ3n) is 2.96. The van der Waals surface area contributed by atoms with Crippen LogP contribution < -0.4 is 5.73 Å². The van der Waals surface area contributed by atoms with Crippen LogP contribution in [0.25, 0.3) is 0 Å². The minimum atomic E-state index is -0.429. The van der Waals surface area contributed by atoms with Gasteiger partial charge in [0.15, 0.2) is 0 Å². The van der Waals surface area contributed by atoms with E-state index >= 15 is 0 Å². The van der Waals surface area contributed by atoms with E-state index in [4.69, 9.17) is 15.2 Å². The third kappa shape index (κ3) is 3.34. The van der Waals surface area contributed by atoms with E-state index in [-0.39, 0.29) is 0 Å². The highest BCUT2D eigenvalue weighted by Gasteiger charge is 2.29. The maximum Gasteiger partial charge on any atom is 0.121 e. The van der Waals surface area contributed by atoms with E-state index in [1.165, 1.54) is 0 Å². The van der Waals surface area contributed by atoms with Gasteiger partial charge in [0.1, 0.15) is 24.6 Å². The summed E-state index contributed by atoms with van der Waals surface area (Å²) in [7, 11) is 1.63. The molecular formula is C15H18N2O2. The normalized spacial score (nSPS) is 22.3. The zero-order valence-corrected chi connectivity index (χ0v) is 11.3. The summed E-state index contributed by atoms with van der Waals surface area (Å²) in [6.45, 7) is 3.38. The van der Waals surface area contributed by atoms with Gasteiger partial charge in [-0.05, 0) is 24.6 Å². The molecule has 4 nitrogen and oxygen atoms in total. The van der Waals surface area contributed by atoms with E-state index in [1.54, 1.807) is 7.11 Å². The second kappa shape index (κ2) is 5.87. The number of hydrogen-bond acceptors (Lipinski definition) is 4. The predicted octanol–water partition coefficient (Wildman–Crippen LogP) is 1.29. The standard InChI is InChI=1S/C15H18N2O2/c1-15(11-19-10-14(16)17-15)13-7-3-5-12(9-13)6-4-8-18-2/h3,5,7,9H,8,10-11H2,1-2H3,(H2,16,17). The van der Waals surface area contributed by atoms with Gasteiger partial charge in [0.2, 0.25) is 0 Å². The first-order valence-electron chi connectivity index (χ1n) is 6.14. The van der Waals surface area contributed by atoms with Crippen molar-refractivity contribution in [1.82, 2.24) is 0 Å². The molecule has 0 spiro atoms. The van der Waals surface area contributed by atoms with Crippen molar-refractivity contribution in [2.75, 3.05) is 26.9 Å². The fourth-order valence-corrected chi connectivity index (χ4v) is 2.03. The van der Waals surface area contributed by atoms with Crippen molar-refractivity contribution in [2.24, 2.45) is 10.7 Å². The smallest absolute Gasteiger partial charge is 0.121 e. The molecule has 0 radical (unpaired) electrons. The lowest BCUT2D eigenvalue weighted by molar-refractivity contribution is 0.106. The Morgan fingerprint density at radius 1 is 1.53 bits per heavy atom. The van der Waals surface area contributed by atoms with Crippen molar-refractivity contribution in [2.45, 2.75) is 12.5 Å². The minimum absolute atomic E-state index is 0.406. The largest absolute Gasteiger partial charge is 0.386 e. The van der Waals surface area contributed by atoms with Crippen LogP contribution in [0.4, 0.5) is 0 Å². The first-order chi connectivity index (χ1) is 9.14. The zero-order chi connectivity index (χ0) is 13.7. The first kappa shape index (κ1) is 13.6. The second-order valence-corrected chi connectivity index (χ2v) is 4.69. The molecule has 1 aliphatic heterocycles. The van der Waals surface area contributed by atoms with Crippen molar-refractivity contribution < 1.29 is 9.47 Å². The molecule has 2 N–H and O–H groups in total. The maximum atomic E-state index is 5.76. The van der Waals surface area contributed by atoms with Gasteiger partial charge in [-0.2, -0.15) is 0 Å². The van der Waals surface area contributed by atoms with Crippen LogP contribution in [0.5, 0.6) is 0 Å². The topological polar surface area (TPSA) is 56.8 Å². The number of nitrogens with two attached hydrogens (primary N) is 1. The number of benzene rings is 1. The number of methoxy groups -OCH3 is 1. The molecule has 1 atom stereocenters. The highest BCUT2D eigenvalue weighted by molar-refractivity contribution is 5.82. The van der Waals surface area contributed by atoms with Crippen LogP contribution in [-0.4, -0.2) is 32.8 Å². The molecule has 0 saturated carbocycles. The van der Waals surface area contributed by atoms with Crippen LogP contribution >= 0.6 is 0 Å². The van der Waals surface area contributed by atoms with Gasteiger partial charge in [-0.15, -0.1) is 0 Å². The number of rotatable bonds is 2. The van der Waals surface area contributed by atoms with Gasteiger partial charge in [0, 0.05) is 12.7 Å². The monoisotopic (exact) mass is 258 g/mol. The number of amidine groups is 1. The molecular weight excluding hydrogens is 240 g/mol. The van der Waals surface area contributed by atoms with Gasteiger partial charge < -0.3 is 15.2 Å². The van der Waals surface area contributed by atoms with Crippen LogP contribution in [0.2, 0.25) is 0 Å². The van der Waals surface area contributed by atoms with Gasteiger partial charge in [-0.3, -0.25) is 4.99 Å². The number of aliphatic imine (C=N–C) groups is 1. The molecule has 0 saturated heterocycles. The number of nitrogens with zero attached hydrogens (tertiary/aromatic N) is 1. The molecule has 100 valence electrons. The van der Waals surface area contributed by atoms with E-state index in [2.05, 4.69) is 16.8 Å². The molecule has 4 heteroatoms. The quantitative estimate of drug-likeness (QED) is 0.813. The Morgan fingerprint density at radius 3 is 3.11 bits per heavy atom. The van der Waals surface area contributed by atoms with Crippen LogP contribution in [0.3, 0.4) is 0 Å². The summed E-state index contributed by atoms with van der Waals surface area (Å²) in [4.78, 5) is 4.52. The van der Waals surface area contributed by atoms with Crippen molar-refractivity contribution in [3.8, 4) is 11.8 Å². The Morgan fingerprint density at radius 2 is 2.37 bits per heavy atom. The van der Waals surface area contributed by atoms with Gasteiger partial charge >= 0.3 is 0 Å². The van der Waals surface area contributed by atoms with Gasteiger partial charge in [0.25, 0.3) is 0 Å². The average Bonchev–Trinajstić information content (AvgIpc) is 2.39. The van der Waals surface area contributed by atoms with E-state index in [1.807, 2.05) is 31.2 Å². The number of hydrogen-bond donors (Lipinski definition) is 1. The van der Waals surface area contributed by atoms with E-state index in [0.29, 0.717) is 25.7 Å². The lowest BCUT2D eigenvalue weighted by Gasteiger charge is -2.30. The highest BCUT2D eigenvalue weighted by Crippen LogP contribution is 2.28. The van der Waals surface area contributed by atoms with Gasteiger partial charge in [0.05, 0.1) is 6.61 Å². The summed E-state index contributed by atoms with van der Waals surface area (Å²) >= 11 is 0. The molecule has 1 unspecified atom stereocenters. The third-order valence-corrected chi connectivity index (χ3v) is 2.96. The molecule has 0 aliphatic carbocycles. The van der Waals surface area contributed by atoms with E-state index in [0.717, 1.165) is 11.1 Å². The molecule has 1 aromatic carbocycles. The molecule has 2 rings (SSSR count). The fourth-order valence-electron chi connectivity index (χ4n) is 2.03. The Kier molecular flexibility index (Phi) is 4.20. The Balaban J connectivity index is 2.28. The van der Waals surface area contributed by atoms with Crippen LogP contribution in [0.15, 0.2) is 29.3 Å². The van der Waals surface area contributed by atoms with Crippen LogP contribution in [0.1, 0.15) is 18.1 Å². The van der Waals surface area contributed by atoms with E-state index in [9.17, 15) is 0 Å². The number of ether oxygens (including phenoxy) is 2. The summed E-state index contributed by atoms with van der Waals surface area (Å²) in [5.74, 6) is 6.53. The molecule has 0 fully saturated rings. The minimum Gasteiger partial charge on any atom is -0.386 e. The summed E-state index contributed by atoms with van der Waals surface area (Å²) in [5, 5.41) is 0. The predicted molar refractivity (Wildman–Crippen MR) is 75.0 cm³/mol. The summed E-state index contributed by atoms with van der Waals surface area (Å²) < 4.78 is 10.4. The SMILES string of the molecule is COCC#Cc1cccc(C2(C)COCC(N)=N2)c1. The highest BCUT2D eigenvalue weighted by atomic mass is 16.5. The van der Waals surface area contributed by atoms with Gasteiger partial charge in [-0.1, -0.05) is 24.0 Å². The van der Waals surface area contributed by atoms with Crippen LogP contribution in [-0.2, 0) is 15.0 Å². The maximum absolute atomic E-state index is 5.76. The summed E-state index contributed by atoms with van der Waals surface area (Å²) in [6, 6.07) is 7.98. The van der Waals surface area contributed by atoms with Gasteiger partial charge in [-0.25, -0.2) is 0 Å². The summed E-state index contributed by atoms with van der Waals surface area (Å²) in [5.41, 5.74) is 7.33. The van der Waals surface area contributed by atoms with Crippen molar-refractivity contribution in [3.63, 3.8) is 0 Å². The van der Waals surface area contributed by atoms with Crippen molar-refractivity contribution >= 4 is 5.84 Å². The molecule has 19 heavy (non-hydrogen) atoms. The fraction of sp³-hybridized carbons (Fsp3) is 0.400.